The van der Waals surface area contributed by atoms with E-state index in [0.29, 0.717) is 22.8 Å². The fraction of sp³-hybridized carbons (Fsp3) is 0.0769. The van der Waals surface area contributed by atoms with Crippen LogP contribution in [0.1, 0.15) is 5.76 Å². The summed E-state index contributed by atoms with van der Waals surface area (Å²) in [6, 6.07) is 7.77. The topological polar surface area (TPSA) is 144 Å². The standard InChI is InChI=1S/C13H11N7O4/c1-23-8-2-4-10(11(6-8)20(21)22)12-5-3-9(24-12)7-14-15-13-16-18-19-17-13/h2-7H,1H3,(H2,15,16,17,18,19). The molecule has 0 saturated carbocycles. The lowest BCUT2D eigenvalue weighted by Gasteiger charge is -2.03. The number of aromatic amines is 1. The molecule has 1 aromatic carbocycles. The number of hydrogen-bond acceptors (Lipinski definition) is 9. The predicted molar refractivity (Wildman–Crippen MR) is 82.7 cm³/mol. The summed E-state index contributed by atoms with van der Waals surface area (Å²) in [5.74, 6) is 1.32. The highest BCUT2D eigenvalue weighted by molar-refractivity contribution is 5.79. The van der Waals surface area contributed by atoms with Gasteiger partial charge >= 0.3 is 0 Å². The van der Waals surface area contributed by atoms with Crippen LogP contribution in [-0.4, -0.2) is 38.9 Å². The number of hydrogen-bond donors (Lipinski definition) is 2. The molecule has 2 aromatic heterocycles. The number of H-pyrrole nitrogens is 1. The largest absolute Gasteiger partial charge is 0.497 e. The summed E-state index contributed by atoms with van der Waals surface area (Å²) in [6.45, 7) is 0. The first-order valence-corrected chi connectivity index (χ1v) is 6.62. The van der Waals surface area contributed by atoms with E-state index in [1.807, 2.05) is 0 Å². The number of hydrazone groups is 1. The average molecular weight is 329 g/mol. The second kappa shape index (κ2) is 6.56. The Hall–Kier alpha value is -3.76. The molecule has 0 aliphatic heterocycles. The van der Waals surface area contributed by atoms with E-state index in [-0.39, 0.29) is 11.6 Å². The number of aromatic nitrogens is 4. The Labute approximate surface area is 134 Å². The third kappa shape index (κ3) is 3.19. The van der Waals surface area contributed by atoms with Gasteiger partial charge in [-0.05, 0) is 29.5 Å². The molecule has 0 radical (unpaired) electrons. The van der Waals surface area contributed by atoms with Crippen molar-refractivity contribution < 1.29 is 14.1 Å². The number of tetrazole rings is 1. The Morgan fingerprint density at radius 3 is 3.00 bits per heavy atom. The molecular weight excluding hydrogens is 318 g/mol. The monoisotopic (exact) mass is 329 g/mol. The minimum Gasteiger partial charge on any atom is -0.497 e. The highest BCUT2D eigenvalue weighted by Gasteiger charge is 2.19. The number of ether oxygens (including phenoxy) is 1. The van der Waals surface area contributed by atoms with E-state index < -0.39 is 4.92 Å². The molecule has 122 valence electrons. The SMILES string of the molecule is COc1ccc(-c2ccc(C=NNc3nn[nH]n3)o2)c([N+](=O)[O-])c1. The minimum absolute atomic E-state index is 0.114. The van der Waals surface area contributed by atoms with Gasteiger partial charge in [0.2, 0.25) is 0 Å². The van der Waals surface area contributed by atoms with Crippen molar-refractivity contribution >= 4 is 17.9 Å². The van der Waals surface area contributed by atoms with Crippen LogP contribution in [0.2, 0.25) is 0 Å². The molecule has 0 aliphatic rings. The van der Waals surface area contributed by atoms with E-state index in [1.54, 1.807) is 24.3 Å². The van der Waals surface area contributed by atoms with Crippen LogP contribution in [0, 0.1) is 10.1 Å². The molecule has 0 atom stereocenters. The molecule has 11 heteroatoms. The summed E-state index contributed by atoms with van der Waals surface area (Å²) < 4.78 is 10.6. The first-order chi connectivity index (χ1) is 11.7. The number of nitrogens with one attached hydrogen (secondary N) is 2. The van der Waals surface area contributed by atoms with Crippen LogP contribution in [0.25, 0.3) is 11.3 Å². The Kier molecular flexibility index (Phi) is 4.14. The molecule has 0 bridgehead atoms. The zero-order chi connectivity index (χ0) is 16.9. The smallest absolute Gasteiger partial charge is 0.284 e. The molecule has 0 aliphatic carbocycles. The van der Waals surface area contributed by atoms with E-state index in [9.17, 15) is 10.1 Å². The molecule has 0 fully saturated rings. The van der Waals surface area contributed by atoms with Gasteiger partial charge in [0.15, 0.2) is 0 Å². The highest BCUT2D eigenvalue weighted by Crippen LogP contribution is 2.33. The number of furan rings is 1. The predicted octanol–water partition coefficient (Wildman–Crippen LogP) is 1.82. The average Bonchev–Trinajstić information content (AvgIpc) is 3.26. The van der Waals surface area contributed by atoms with Gasteiger partial charge in [0, 0.05) is 0 Å². The van der Waals surface area contributed by atoms with Gasteiger partial charge in [-0.25, -0.2) is 5.43 Å². The third-order valence-corrected chi connectivity index (χ3v) is 3.00. The maximum atomic E-state index is 11.2. The van der Waals surface area contributed by atoms with Gasteiger partial charge in [-0.2, -0.15) is 10.3 Å². The third-order valence-electron chi connectivity index (χ3n) is 3.00. The molecule has 3 aromatic rings. The molecule has 11 nitrogen and oxygen atoms in total. The van der Waals surface area contributed by atoms with E-state index in [2.05, 4.69) is 31.2 Å². The number of benzene rings is 1. The molecule has 2 N–H and O–H groups in total. The second-order valence-electron chi connectivity index (χ2n) is 4.45. The van der Waals surface area contributed by atoms with Crippen LogP contribution < -0.4 is 10.2 Å². The maximum absolute atomic E-state index is 11.2. The summed E-state index contributed by atoms with van der Waals surface area (Å²) in [5.41, 5.74) is 2.76. The van der Waals surface area contributed by atoms with Gasteiger partial charge in [0.05, 0.1) is 29.9 Å². The fourth-order valence-corrected chi connectivity index (χ4v) is 1.93. The summed E-state index contributed by atoms with van der Waals surface area (Å²) >= 11 is 0. The van der Waals surface area contributed by atoms with Crippen molar-refractivity contribution in [1.29, 1.82) is 0 Å². The van der Waals surface area contributed by atoms with E-state index >= 15 is 0 Å². The lowest BCUT2D eigenvalue weighted by molar-refractivity contribution is -0.384. The summed E-state index contributed by atoms with van der Waals surface area (Å²) in [6.07, 6.45) is 1.38. The molecule has 0 saturated heterocycles. The second-order valence-corrected chi connectivity index (χ2v) is 4.45. The number of nitro benzene ring substituents is 1. The Balaban J connectivity index is 1.82. The highest BCUT2D eigenvalue weighted by atomic mass is 16.6. The molecule has 24 heavy (non-hydrogen) atoms. The van der Waals surface area contributed by atoms with Gasteiger partial charge in [-0.1, -0.05) is 5.10 Å². The first-order valence-electron chi connectivity index (χ1n) is 6.62. The molecule has 0 unspecified atom stereocenters. The Morgan fingerprint density at radius 2 is 2.29 bits per heavy atom. The zero-order valence-corrected chi connectivity index (χ0v) is 12.3. The lowest BCUT2D eigenvalue weighted by Crippen LogP contribution is -1.93. The van der Waals surface area contributed by atoms with E-state index in [1.165, 1.54) is 19.4 Å². The van der Waals surface area contributed by atoms with Crippen molar-refractivity contribution in [3.63, 3.8) is 0 Å². The zero-order valence-electron chi connectivity index (χ0n) is 12.3. The van der Waals surface area contributed by atoms with Gasteiger partial charge in [-0.3, -0.25) is 10.1 Å². The number of nitro groups is 1. The van der Waals surface area contributed by atoms with Crippen molar-refractivity contribution in [1.82, 2.24) is 20.6 Å². The van der Waals surface area contributed by atoms with Gasteiger partial charge in [0.1, 0.15) is 17.3 Å². The van der Waals surface area contributed by atoms with Crippen LogP contribution in [-0.2, 0) is 0 Å². The van der Waals surface area contributed by atoms with E-state index in [4.69, 9.17) is 9.15 Å². The maximum Gasteiger partial charge on any atom is 0.284 e. The molecule has 3 rings (SSSR count). The van der Waals surface area contributed by atoms with Crippen molar-refractivity contribution in [2.24, 2.45) is 5.10 Å². The van der Waals surface area contributed by atoms with Gasteiger partial charge in [-0.15, -0.1) is 5.10 Å². The summed E-state index contributed by atoms with van der Waals surface area (Å²) in [7, 11) is 1.44. The van der Waals surface area contributed by atoms with E-state index in [0.717, 1.165) is 0 Å². The Morgan fingerprint density at radius 1 is 1.42 bits per heavy atom. The van der Waals surface area contributed by atoms with Crippen LogP contribution in [0.3, 0.4) is 0 Å². The van der Waals surface area contributed by atoms with Crippen molar-refractivity contribution in [2.75, 3.05) is 12.5 Å². The van der Waals surface area contributed by atoms with Crippen molar-refractivity contribution in [3.8, 4) is 17.1 Å². The number of rotatable bonds is 6. The van der Waals surface area contributed by atoms with Gasteiger partial charge < -0.3 is 9.15 Å². The van der Waals surface area contributed by atoms with Crippen molar-refractivity contribution in [3.05, 3.63) is 46.2 Å². The normalized spacial score (nSPS) is 10.9. The summed E-state index contributed by atoms with van der Waals surface area (Å²) in [4.78, 5) is 10.7. The Bertz CT molecular complexity index is 872. The quantitative estimate of drug-likeness (QED) is 0.396. The molecule has 0 spiro atoms. The van der Waals surface area contributed by atoms with Gasteiger partial charge in [0.25, 0.3) is 11.6 Å². The van der Waals surface area contributed by atoms with Crippen LogP contribution >= 0.6 is 0 Å². The van der Waals surface area contributed by atoms with Crippen molar-refractivity contribution in [2.45, 2.75) is 0 Å². The minimum atomic E-state index is -0.494. The van der Waals surface area contributed by atoms with Crippen LogP contribution in [0.5, 0.6) is 5.75 Å². The molecule has 0 amide bonds. The van der Waals surface area contributed by atoms with Crippen LogP contribution in [0.15, 0.2) is 39.9 Å². The molecule has 2 heterocycles. The number of anilines is 1. The number of methoxy groups -OCH3 is 1. The molecular formula is C13H11N7O4. The number of nitrogens with zero attached hydrogens (tertiary/aromatic N) is 5. The summed E-state index contributed by atoms with van der Waals surface area (Å²) in [5, 5.41) is 28.0. The lowest BCUT2D eigenvalue weighted by atomic mass is 10.1. The fourth-order valence-electron chi connectivity index (χ4n) is 1.93. The van der Waals surface area contributed by atoms with Crippen LogP contribution in [0.4, 0.5) is 11.6 Å². The first kappa shape index (κ1) is 15.1.